The fraction of sp³-hybridized carbons (Fsp3) is 0.825. The monoisotopic (exact) mass is 884 g/mol. The van der Waals surface area contributed by atoms with E-state index in [1.165, 1.54) is 161 Å². The molecule has 6 nitrogen and oxygen atoms in total. The Hall–Kier alpha value is -2.18. The van der Waals surface area contributed by atoms with Gasteiger partial charge in [0.25, 0.3) is 0 Å². The number of aliphatic hydroxyl groups is 2. The summed E-state index contributed by atoms with van der Waals surface area (Å²) in [7, 11) is 0. The van der Waals surface area contributed by atoms with Crippen LogP contribution < -0.4 is 5.32 Å². The number of unbranched alkanes of at least 4 members (excludes halogenated alkanes) is 32. The van der Waals surface area contributed by atoms with E-state index in [9.17, 15) is 19.8 Å². The molecule has 0 aliphatic rings. The maximum Gasteiger partial charge on any atom is 0.306 e. The molecular weight excluding hydrogens is 779 g/mol. The SMILES string of the molecule is CC/C=C/C=C/C=C/C=C\CCCCCC(CC(=O)NC(CO)C(O)CCCCCCCCCCCCCCC)OC(=O)CCCCCCCCCCCCCCCCCCCC. The highest BCUT2D eigenvalue weighted by molar-refractivity contribution is 5.77. The number of rotatable bonds is 49. The Morgan fingerprint density at radius 2 is 0.857 bits per heavy atom. The predicted octanol–water partition coefficient (Wildman–Crippen LogP) is 16.6. The van der Waals surface area contributed by atoms with Crippen molar-refractivity contribution in [3.63, 3.8) is 0 Å². The standard InChI is InChI=1S/C57H105NO5/c1-4-7-10-13-16-19-22-25-26-27-28-29-32-35-38-41-44-47-50-57(62)63-53(48-45-42-39-36-33-30-23-20-17-14-11-8-5-2)51-56(61)58-54(52-59)55(60)49-46-43-40-37-34-31-24-21-18-15-12-9-6-3/h8,11,14,17,20,23,30,33,53-55,59-60H,4-7,9-10,12-13,15-16,18-19,21-22,24-29,31-32,34-52H2,1-3H3,(H,58,61)/b11-8+,17-14+,23-20+,33-30-. The van der Waals surface area contributed by atoms with Crippen LogP contribution in [0.2, 0.25) is 0 Å². The van der Waals surface area contributed by atoms with E-state index >= 15 is 0 Å². The fourth-order valence-electron chi connectivity index (χ4n) is 8.38. The lowest BCUT2D eigenvalue weighted by Crippen LogP contribution is -2.46. The quantitative estimate of drug-likeness (QED) is 0.0321. The van der Waals surface area contributed by atoms with Crippen LogP contribution in [0.1, 0.15) is 278 Å². The normalized spacial score (nSPS) is 13.5. The maximum absolute atomic E-state index is 13.2. The van der Waals surface area contributed by atoms with Crippen LogP contribution in [0.15, 0.2) is 48.6 Å². The van der Waals surface area contributed by atoms with Crippen molar-refractivity contribution in [1.29, 1.82) is 0 Å². The van der Waals surface area contributed by atoms with Crippen LogP contribution >= 0.6 is 0 Å². The number of hydrogen-bond acceptors (Lipinski definition) is 5. The zero-order valence-corrected chi connectivity index (χ0v) is 42.0. The van der Waals surface area contributed by atoms with Crippen LogP contribution in [0.5, 0.6) is 0 Å². The topological polar surface area (TPSA) is 95.9 Å². The number of hydrogen-bond donors (Lipinski definition) is 3. The molecule has 1 amide bonds. The molecule has 368 valence electrons. The Bertz CT molecular complexity index is 1080. The molecule has 0 bridgehead atoms. The van der Waals surface area contributed by atoms with Gasteiger partial charge in [0, 0.05) is 6.42 Å². The van der Waals surface area contributed by atoms with Crippen LogP contribution in [0.25, 0.3) is 0 Å². The van der Waals surface area contributed by atoms with E-state index in [1.54, 1.807) is 0 Å². The number of carbonyl (C=O) groups excluding carboxylic acids is 2. The number of nitrogens with one attached hydrogen (secondary N) is 1. The van der Waals surface area contributed by atoms with Gasteiger partial charge in [-0.2, -0.15) is 0 Å². The number of ether oxygens (including phenoxy) is 1. The first-order valence-electron chi connectivity index (χ1n) is 27.4. The minimum absolute atomic E-state index is 0.0541. The van der Waals surface area contributed by atoms with Crippen LogP contribution in [0.3, 0.4) is 0 Å². The largest absolute Gasteiger partial charge is 0.462 e. The Morgan fingerprint density at radius 3 is 1.30 bits per heavy atom. The lowest BCUT2D eigenvalue weighted by Gasteiger charge is -2.24. The average Bonchev–Trinajstić information content (AvgIpc) is 3.28. The molecule has 0 fully saturated rings. The van der Waals surface area contributed by atoms with E-state index in [1.807, 2.05) is 24.3 Å². The van der Waals surface area contributed by atoms with Crippen LogP contribution in [0.4, 0.5) is 0 Å². The molecule has 0 rings (SSSR count). The van der Waals surface area contributed by atoms with Gasteiger partial charge in [0.05, 0.1) is 25.2 Å². The molecule has 0 aromatic rings. The first-order valence-corrected chi connectivity index (χ1v) is 27.4. The Labute approximate surface area is 391 Å². The minimum atomic E-state index is -0.797. The highest BCUT2D eigenvalue weighted by Crippen LogP contribution is 2.18. The molecule has 63 heavy (non-hydrogen) atoms. The molecule has 0 saturated heterocycles. The van der Waals surface area contributed by atoms with Crippen molar-refractivity contribution in [3.8, 4) is 0 Å². The van der Waals surface area contributed by atoms with Gasteiger partial charge in [-0.1, -0.05) is 268 Å². The second-order valence-electron chi connectivity index (χ2n) is 18.7. The summed E-state index contributed by atoms with van der Waals surface area (Å²) >= 11 is 0. The summed E-state index contributed by atoms with van der Waals surface area (Å²) < 4.78 is 5.93. The van der Waals surface area contributed by atoms with Gasteiger partial charge in [-0.25, -0.2) is 0 Å². The Morgan fingerprint density at radius 1 is 0.476 bits per heavy atom. The molecule has 0 saturated carbocycles. The molecule has 3 N–H and O–H groups in total. The molecule has 0 aliphatic carbocycles. The third-order valence-corrected chi connectivity index (χ3v) is 12.5. The number of amides is 1. The average molecular weight is 884 g/mol. The third kappa shape index (κ3) is 46.2. The van der Waals surface area contributed by atoms with Crippen molar-refractivity contribution < 1.29 is 24.5 Å². The van der Waals surface area contributed by atoms with E-state index in [0.717, 1.165) is 70.6 Å². The van der Waals surface area contributed by atoms with Gasteiger partial charge in [-0.05, 0) is 44.9 Å². The van der Waals surface area contributed by atoms with Gasteiger partial charge >= 0.3 is 5.97 Å². The van der Waals surface area contributed by atoms with E-state index in [2.05, 4.69) is 50.4 Å². The van der Waals surface area contributed by atoms with E-state index in [0.29, 0.717) is 19.3 Å². The second-order valence-corrected chi connectivity index (χ2v) is 18.7. The second kappa shape index (κ2) is 50.8. The van der Waals surface area contributed by atoms with Gasteiger partial charge in [-0.3, -0.25) is 9.59 Å². The van der Waals surface area contributed by atoms with Crippen molar-refractivity contribution >= 4 is 11.9 Å². The maximum atomic E-state index is 13.2. The molecule has 0 heterocycles. The number of aliphatic hydroxyl groups excluding tert-OH is 2. The smallest absolute Gasteiger partial charge is 0.306 e. The Kier molecular flexibility index (Phi) is 49.1. The lowest BCUT2D eigenvalue weighted by atomic mass is 10.0. The number of allylic oxidation sites excluding steroid dienone is 8. The van der Waals surface area contributed by atoms with Crippen molar-refractivity contribution in [2.24, 2.45) is 0 Å². The van der Waals surface area contributed by atoms with Gasteiger partial charge in [0.1, 0.15) is 6.10 Å². The zero-order valence-electron chi connectivity index (χ0n) is 42.0. The van der Waals surface area contributed by atoms with Gasteiger partial charge in [0.2, 0.25) is 5.91 Å². The molecule has 3 unspecified atom stereocenters. The van der Waals surface area contributed by atoms with Crippen LogP contribution in [-0.4, -0.2) is 46.9 Å². The highest BCUT2D eigenvalue weighted by Gasteiger charge is 2.24. The molecule has 6 heteroatoms. The zero-order chi connectivity index (χ0) is 45.9. The molecular formula is C57H105NO5. The summed E-state index contributed by atoms with van der Waals surface area (Å²) in [5.41, 5.74) is 0. The van der Waals surface area contributed by atoms with E-state index in [-0.39, 0.29) is 24.9 Å². The summed E-state index contributed by atoms with van der Waals surface area (Å²) in [5, 5.41) is 23.8. The molecule has 3 atom stereocenters. The van der Waals surface area contributed by atoms with Crippen LogP contribution in [0, 0.1) is 0 Å². The van der Waals surface area contributed by atoms with Gasteiger partial charge < -0.3 is 20.3 Å². The molecule has 0 spiro atoms. The highest BCUT2D eigenvalue weighted by atomic mass is 16.5. The van der Waals surface area contributed by atoms with Crippen molar-refractivity contribution in [1.82, 2.24) is 5.32 Å². The lowest BCUT2D eigenvalue weighted by molar-refractivity contribution is -0.151. The summed E-state index contributed by atoms with van der Waals surface area (Å²) in [6.45, 7) is 6.35. The summed E-state index contributed by atoms with van der Waals surface area (Å²) in [6.07, 6.45) is 61.8. The first kappa shape index (κ1) is 60.8. The molecule has 0 radical (unpaired) electrons. The van der Waals surface area contributed by atoms with E-state index < -0.39 is 18.2 Å². The molecule has 0 aromatic carbocycles. The van der Waals surface area contributed by atoms with Crippen molar-refractivity contribution in [2.75, 3.05) is 6.61 Å². The Balaban J connectivity index is 4.55. The fourth-order valence-corrected chi connectivity index (χ4v) is 8.38. The number of carbonyl (C=O) groups is 2. The molecule has 0 aromatic heterocycles. The summed E-state index contributed by atoms with van der Waals surface area (Å²) in [4.78, 5) is 26.2. The third-order valence-electron chi connectivity index (χ3n) is 12.5. The van der Waals surface area contributed by atoms with Crippen molar-refractivity contribution in [3.05, 3.63) is 48.6 Å². The van der Waals surface area contributed by atoms with Gasteiger partial charge in [0.15, 0.2) is 0 Å². The summed E-state index contributed by atoms with van der Waals surface area (Å²) in [5.74, 6) is -0.502. The summed E-state index contributed by atoms with van der Waals surface area (Å²) in [6, 6.07) is -0.713. The number of esters is 1. The van der Waals surface area contributed by atoms with Crippen molar-refractivity contribution in [2.45, 2.75) is 296 Å². The van der Waals surface area contributed by atoms with Gasteiger partial charge in [-0.15, -0.1) is 0 Å². The van der Waals surface area contributed by atoms with E-state index in [4.69, 9.17) is 4.74 Å². The first-order chi connectivity index (χ1) is 31.0. The molecule has 0 aliphatic heterocycles. The predicted molar refractivity (Wildman–Crippen MR) is 273 cm³/mol. The minimum Gasteiger partial charge on any atom is -0.462 e. The van der Waals surface area contributed by atoms with Crippen LogP contribution in [-0.2, 0) is 14.3 Å².